The van der Waals surface area contributed by atoms with Crippen molar-refractivity contribution in [3.63, 3.8) is 0 Å². The van der Waals surface area contributed by atoms with Gasteiger partial charge in [0.15, 0.2) is 17.3 Å². The van der Waals surface area contributed by atoms with Gasteiger partial charge in [0.1, 0.15) is 5.92 Å². The van der Waals surface area contributed by atoms with Crippen LogP contribution < -0.4 is 0 Å². The lowest BCUT2D eigenvalue weighted by atomic mass is 9.74. The lowest BCUT2D eigenvalue weighted by Crippen LogP contribution is -2.35. The molecule has 0 saturated carbocycles. The van der Waals surface area contributed by atoms with Crippen molar-refractivity contribution in [2.24, 2.45) is 5.92 Å². The maximum atomic E-state index is 13.7. The van der Waals surface area contributed by atoms with Crippen LogP contribution in [0.3, 0.4) is 0 Å². The molecule has 0 saturated heterocycles. The van der Waals surface area contributed by atoms with Gasteiger partial charge in [-0.05, 0) is 36.8 Å². The zero-order valence-corrected chi connectivity index (χ0v) is 18.5. The van der Waals surface area contributed by atoms with Crippen LogP contribution in [0.15, 0.2) is 84.4 Å². The van der Waals surface area contributed by atoms with Crippen LogP contribution in [0.5, 0.6) is 0 Å². The predicted octanol–water partition coefficient (Wildman–Crippen LogP) is 5.24. The molecule has 4 rings (SSSR count). The van der Waals surface area contributed by atoms with E-state index in [0.717, 1.165) is 0 Å². The number of rotatable bonds is 6. The highest BCUT2D eigenvalue weighted by Crippen LogP contribution is 2.37. The minimum absolute atomic E-state index is 0.00983. The molecule has 0 amide bonds. The summed E-state index contributed by atoms with van der Waals surface area (Å²) in [5, 5.41) is 0.418. The summed E-state index contributed by atoms with van der Waals surface area (Å²) in [6, 6.07) is 20.9. The monoisotopic (exact) mass is 458 g/mol. The molecule has 1 atom stereocenters. The molecule has 33 heavy (non-hydrogen) atoms. The van der Waals surface area contributed by atoms with Crippen LogP contribution in [-0.2, 0) is 9.53 Å². The quantitative estimate of drug-likeness (QED) is 0.287. The van der Waals surface area contributed by atoms with Crippen LogP contribution in [0.25, 0.3) is 5.57 Å². The lowest BCUT2D eigenvalue weighted by Gasteiger charge is -2.25. The first kappa shape index (κ1) is 22.4. The summed E-state index contributed by atoms with van der Waals surface area (Å²) in [5.74, 6) is -4.12. The summed E-state index contributed by atoms with van der Waals surface area (Å²) in [6.45, 7) is 1.62. The number of allylic oxidation sites excluding steroid dienone is 1. The summed E-state index contributed by atoms with van der Waals surface area (Å²) >= 11 is 5.95. The summed E-state index contributed by atoms with van der Waals surface area (Å²) < 4.78 is 5.20. The van der Waals surface area contributed by atoms with Crippen molar-refractivity contribution in [2.75, 3.05) is 6.61 Å². The predicted molar refractivity (Wildman–Crippen MR) is 124 cm³/mol. The van der Waals surface area contributed by atoms with E-state index in [1.54, 1.807) is 55.5 Å². The van der Waals surface area contributed by atoms with Crippen LogP contribution in [0.4, 0.5) is 0 Å². The fraction of sp³-hybridized carbons (Fsp3) is 0.111. The van der Waals surface area contributed by atoms with Gasteiger partial charge >= 0.3 is 5.97 Å². The van der Waals surface area contributed by atoms with Crippen LogP contribution in [-0.4, -0.2) is 29.9 Å². The van der Waals surface area contributed by atoms with Crippen molar-refractivity contribution in [1.82, 2.24) is 0 Å². The number of ether oxygens (including phenoxy) is 1. The van der Waals surface area contributed by atoms with E-state index < -0.39 is 29.2 Å². The van der Waals surface area contributed by atoms with Gasteiger partial charge in [0.25, 0.3) is 0 Å². The second-order valence-corrected chi connectivity index (χ2v) is 7.85. The van der Waals surface area contributed by atoms with E-state index in [2.05, 4.69) is 0 Å². The number of ketones is 3. The smallest absolute Gasteiger partial charge is 0.321 e. The highest BCUT2D eigenvalue weighted by Gasteiger charge is 2.43. The summed E-state index contributed by atoms with van der Waals surface area (Å²) in [5.41, 5.74) is 0.847. The summed E-state index contributed by atoms with van der Waals surface area (Å²) in [6.07, 6.45) is 0. The number of carbonyl (C=O) groups excluding carboxylic acids is 4. The SMILES string of the molecule is CCOC(=O)[C@H](C(=O)c1ccc(Cl)cc1)C1=C(c2ccccc2)C(=O)c2ccccc2C1=O. The molecule has 5 nitrogen and oxygen atoms in total. The van der Waals surface area contributed by atoms with E-state index in [1.165, 1.54) is 30.3 Å². The summed E-state index contributed by atoms with van der Waals surface area (Å²) in [7, 11) is 0. The van der Waals surface area contributed by atoms with E-state index in [-0.39, 0.29) is 34.4 Å². The molecule has 6 heteroatoms. The third-order valence-electron chi connectivity index (χ3n) is 5.42. The fourth-order valence-corrected chi connectivity index (χ4v) is 4.05. The van der Waals surface area contributed by atoms with Crippen molar-refractivity contribution in [2.45, 2.75) is 6.92 Å². The Hall–Kier alpha value is -3.83. The van der Waals surface area contributed by atoms with Gasteiger partial charge in [-0.2, -0.15) is 0 Å². The molecule has 0 radical (unpaired) electrons. The molecule has 3 aromatic rings. The molecule has 0 fully saturated rings. The topological polar surface area (TPSA) is 77.5 Å². The second kappa shape index (κ2) is 9.35. The first-order valence-electron chi connectivity index (χ1n) is 10.4. The molecule has 3 aromatic carbocycles. The Labute approximate surface area is 195 Å². The normalized spacial score (nSPS) is 14.0. The average molecular weight is 459 g/mol. The average Bonchev–Trinajstić information content (AvgIpc) is 2.83. The standard InChI is InChI=1S/C27H19ClO5/c1-2-33-27(32)23(24(29)17-12-14-18(28)15-13-17)22-21(16-8-4-3-5-9-16)25(30)19-10-6-7-11-20(19)26(22)31/h3-15,23H,2H2,1H3/t23-/m0/s1. The molecule has 0 heterocycles. The number of hydrogen-bond acceptors (Lipinski definition) is 5. The maximum absolute atomic E-state index is 13.7. The van der Waals surface area contributed by atoms with Crippen molar-refractivity contribution in [3.8, 4) is 0 Å². The number of hydrogen-bond donors (Lipinski definition) is 0. The van der Waals surface area contributed by atoms with Gasteiger partial charge in [-0.25, -0.2) is 0 Å². The van der Waals surface area contributed by atoms with E-state index in [4.69, 9.17) is 16.3 Å². The Bertz CT molecular complexity index is 1290. The number of halogens is 1. The van der Waals surface area contributed by atoms with Crippen molar-refractivity contribution in [3.05, 3.63) is 112 Å². The van der Waals surface area contributed by atoms with E-state index in [0.29, 0.717) is 10.6 Å². The van der Waals surface area contributed by atoms with Gasteiger partial charge in [0.05, 0.1) is 6.61 Å². The molecule has 0 spiro atoms. The van der Waals surface area contributed by atoms with Crippen molar-refractivity contribution >= 4 is 40.5 Å². The summed E-state index contributed by atoms with van der Waals surface area (Å²) in [4.78, 5) is 53.9. The Morgan fingerprint density at radius 2 is 1.39 bits per heavy atom. The number of Topliss-reactive ketones (excluding diaryl/α,β-unsaturated/α-hetero) is 3. The van der Waals surface area contributed by atoms with E-state index in [9.17, 15) is 19.2 Å². The molecule has 0 bridgehead atoms. The minimum Gasteiger partial charge on any atom is -0.465 e. The lowest BCUT2D eigenvalue weighted by molar-refractivity contribution is -0.144. The van der Waals surface area contributed by atoms with Crippen LogP contribution in [0.1, 0.15) is 43.6 Å². The Morgan fingerprint density at radius 1 is 0.818 bits per heavy atom. The molecule has 1 aliphatic carbocycles. The molecule has 0 aliphatic heterocycles. The van der Waals surface area contributed by atoms with Gasteiger partial charge in [0.2, 0.25) is 0 Å². The molecule has 0 unspecified atom stereocenters. The van der Waals surface area contributed by atoms with Crippen molar-refractivity contribution < 1.29 is 23.9 Å². The third kappa shape index (κ3) is 4.15. The van der Waals surface area contributed by atoms with Crippen molar-refractivity contribution in [1.29, 1.82) is 0 Å². The van der Waals surface area contributed by atoms with Gasteiger partial charge in [0, 0.05) is 32.9 Å². The molecular weight excluding hydrogens is 440 g/mol. The largest absolute Gasteiger partial charge is 0.465 e. The van der Waals surface area contributed by atoms with Crippen LogP contribution >= 0.6 is 11.6 Å². The highest BCUT2D eigenvalue weighted by atomic mass is 35.5. The van der Waals surface area contributed by atoms with Gasteiger partial charge in [-0.1, -0.05) is 66.2 Å². The Balaban J connectivity index is 1.99. The fourth-order valence-electron chi connectivity index (χ4n) is 3.92. The highest BCUT2D eigenvalue weighted by molar-refractivity contribution is 6.42. The Morgan fingerprint density at radius 3 is 2.00 bits per heavy atom. The van der Waals surface area contributed by atoms with Crippen LogP contribution in [0.2, 0.25) is 5.02 Å². The molecule has 164 valence electrons. The molecule has 1 aliphatic rings. The third-order valence-corrected chi connectivity index (χ3v) is 5.67. The number of esters is 1. The number of benzene rings is 3. The zero-order valence-electron chi connectivity index (χ0n) is 17.7. The zero-order chi connectivity index (χ0) is 23.5. The van der Waals surface area contributed by atoms with Crippen LogP contribution in [0, 0.1) is 5.92 Å². The van der Waals surface area contributed by atoms with Gasteiger partial charge in [-0.15, -0.1) is 0 Å². The molecular formula is C27H19ClO5. The first-order chi connectivity index (χ1) is 15.9. The first-order valence-corrected chi connectivity index (χ1v) is 10.8. The van der Waals surface area contributed by atoms with Gasteiger partial charge in [-0.3, -0.25) is 19.2 Å². The minimum atomic E-state index is -1.61. The van der Waals surface area contributed by atoms with E-state index >= 15 is 0 Å². The molecule has 0 aromatic heterocycles. The Kier molecular flexibility index (Phi) is 6.33. The second-order valence-electron chi connectivity index (χ2n) is 7.41. The maximum Gasteiger partial charge on any atom is 0.321 e. The van der Waals surface area contributed by atoms with E-state index in [1.807, 2.05) is 0 Å². The van der Waals surface area contributed by atoms with Gasteiger partial charge < -0.3 is 4.74 Å². The molecule has 0 N–H and O–H groups in total. The number of fused-ring (bicyclic) bond motifs is 1. The number of carbonyl (C=O) groups is 4.